The smallest absolute Gasteiger partial charge is 0.0622 e. The van der Waals surface area contributed by atoms with E-state index in [1.54, 1.807) is 0 Å². The number of alkyl halides is 1. The van der Waals surface area contributed by atoms with Crippen molar-refractivity contribution < 1.29 is 0 Å². The summed E-state index contributed by atoms with van der Waals surface area (Å²) in [5.41, 5.74) is 1.36. The van der Waals surface area contributed by atoms with Crippen LogP contribution in [0.4, 0.5) is 0 Å². The molecular formula is C26H23BrP+. The summed E-state index contributed by atoms with van der Waals surface area (Å²) in [5.74, 6) is 0. The van der Waals surface area contributed by atoms with Crippen molar-refractivity contribution in [2.75, 3.05) is 0 Å². The van der Waals surface area contributed by atoms with Crippen molar-refractivity contribution in [3.05, 3.63) is 127 Å². The fourth-order valence-corrected chi connectivity index (χ4v) is 10.6. The molecule has 0 amide bonds. The maximum atomic E-state index is 4.20. The van der Waals surface area contributed by atoms with E-state index in [1.807, 2.05) is 0 Å². The van der Waals surface area contributed by atoms with Crippen molar-refractivity contribution in [1.82, 2.24) is 0 Å². The van der Waals surface area contributed by atoms with Crippen LogP contribution in [0.5, 0.6) is 0 Å². The minimum atomic E-state index is -1.89. The minimum absolute atomic E-state index is 0.301. The zero-order valence-electron chi connectivity index (χ0n) is 15.7. The van der Waals surface area contributed by atoms with Gasteiger partial charge in [0.1, 0.15) is 27.7 Å². The summed E-state index contributed by atoms with van der Waals surface area (Å²) in [4.78, 5) is 0. The normalized spacial score (nSPS) is 12.5. The van der Waals surface area contributed by atoms with Gasteiger partial charge in [0.2, 0.25) is 0 Å². The maximum Gasteiger partial charge on any atom is 0.141 e. The lowest BCUT2D eigenvalue weighted by Gasteiger charge is -2.32. The second kappa shape index (κ2) is 8.86. The molecular weight excluding hydrogens is 423 g/mol. The van der Waals surface area contributed by atoms with Gasteiger partial charge in [-0.1, -0.05) is 84.9 Å². The molecule has 0 heterocycles. The highest BCUT2D eigenvalue weighted by Gasteiger charge is 2.51. The van der Waals surface area contributed by atoms with Crippen LogP contribution in [-0.4, -0.2) is 4.57 Å². The summed E-state index contributed by atoms with van der Waals surface area (Å²) in [6, 6.07) is 43.9. The third kappa shape index (κ3) is 3.70. The third-order valence-corrected chi connectivity index (χ3v) is 11.7. The Morgan fingerprint density at radius 1 is 0.500 bits per heavy atom. The molecule has 28 heavy (non-hydrogen) atoms. The van der Waals surface area contributed by atoms with Crippen LogP contribution in [0.1, 0.15) is 5.56 Å². The van der Waals surface area contributed by atoms with Gasteiger partial charge in [0.05, 0.1) is 0 Å². The number of benzene rings is 4. The zero-order valence-corrected chi connectivity index (χ0v) is 18.1. The van der Waals surface area contributed by atoms with E-state index in [4.69, 9.17) is 0 Å². The molecule has 0 aliphatic rings. The zero-order chi connectivity index (χ0) is 19.2. The average Bonchev–Trinajstić information content (AvgIpc) is 2.77. The molecule has 0 saturated carbocycles. The van der Waals surface area contributed by atoms with Gasteiger partial charge >= 0.3 is 0 Å². The molecule has 2 heteroatoms. The average molecular weight is 446 g/mol. The Kier molecular flexibility index (Phi) is 6.05. The fourth-order valence-electron chi connectivity index (χ4n) is 3.87. The molecule has 1 unspecified atom stereocenters. The van der Waals surface area contributed by atoms with Gasteiger partial charge < -0.3 is 0 Å². The Morgan fingerprint density at radius 2 is 0.821 bits per heavy atom. The molecule has 1 atom stereocenters. The van der Waals surface area contributed by atoms with Crippen LogP contribution >= 0.6 is 23.2 Å². The van der Waals surface area contributed by atoms with Crippen molar-refractivity contribution in [2.24, 2.45) is 0 Å². The minimum Gasteiger partial charge on any atom is -0.0622 e. The summed E-state index contributed by atoms with van der Waals surface area (Å²) in [6.45, 7) is 0. The highest BCUT2D eigenvalue weighted by Crippen LogP contribution is 2.62. The molecule has 0 N–H and O–H groups in total. The first kappa shape index (κ1) is 19.1. The fraction of sp³-hybridized carbons (Fsp3) is 0.0769. The van der Waals surface area contributed by atoms with Crippen LogP contribution < -0.4 is 15.9 Å². The number of hydrogen-bond donors (Lipinski definition) is 0. The highest BCUT2D eigenvalue weighted by molar-refractivity contribution is 9.11. The molecule has 0 nitrogen and oxygen atoms in total. The molecule has 0 spiro atoms. The van der Waals surface area contributed by atoms with E-state index in [9.17, 15) is 0 Å². The summed E-state index contributed by atoms with van der Waals surface area (Å²) in [6.07, 6.45) is 0.979. The van der Waals surface area contributed by atoms with Crippen LogP contribution in [0, 0.1) is 0 Å². The Morgan fingerprint density at radius 3 is 1.18 bits per heavy atom. The topological polar surface area (TPSA) is 0 Å². The van der Waals surface area contributed by atoms with Crippen LogP contribution in [-0.2, 0) is 6.42 Å². The van der Waals surface area contributed by atoms with E-state index in [1.165, 1.54) is 21.5 Å². The molecule has 0 aliphatic heterocycles. The molecule has 0 fully saturated rings. The number of rotatable bonds is 6. The maximum absolute atomic E-state index is 4.20. The summed E-state index contributed by atoms with van der Waals surface area (Å²) >= 11 is 4.20. The van der Waals surface area contributed by atoms with Crippen LogP contribution in [0.3, 0.4) is 0 Å². The summed E-state index contributed by atoms with van der Waals surface area (Å²) < 4.78 is 0.301. The second-order valence-electron chi connectivity index (χ2n) is 6.85. The van der Waals surface area contributed by atoms with Gasteiger partial charge in [-0.25, -0.2) is 0 Å². The highest BCUT2D eigenvalue weighted by atomic mass is 79.9. The predicted molar refractivity (Wildman–Crippen MR) is 128 cm³/mol. The second-order valence-corrected chi connectivity index (χ2v) is 12.3. The SMILES string of the molecule is BrC(Cc1ccccc1)[P+](c1ccccc1)(c1ccccc1)c1ccccc1. The first-order chi connectivity index (χ1) is 13.8. The van der Waals surface area contributed by atoms with Gasteiger partial charge in [0.15, 0.2) is 0 Å². The van der Waals surface area contributed by atoms with E-state index in [-0.39, 0.29) is 0 Å². The molecule has 0 radical (unpaired) electrons. The van der Waals surface area contributed by atoms with Crippen molar-refractivity contribution in [3.8, 4) is 0 Å². The Balaban J connectivity index is 1.95. The lowest BCUT2D eigenvalue weighted by Crippen LogP contribution is -2.37. The van der Waals surface area contributed by atoms with Gasteiger partial charge in [-0.2, -0.15) is 0 Å². The molecule has 0 bridgehead atoms. The molecule has 4 aromatic carbocycles. The van der Waals surface area contributed by atoms with Gasteiger partial charge in [-0.05, 0) is 57.9 Å². The molecule has 0 aromatic heterocycles. The summed E-state index contributed by atoms with van der Waals surface area (Å²) in [5, 5.41) is 4.22. The molecule has 0 saturated heterocycles. The first-order valence-electron chi connectivity index (χ1n) is 9.55. The number of hydrogen-bond acceptors (Lipinski definition) is 0. The van der Waals surface area contributed by atoms with Crippen LogP contribution in [0.25, 0.3) is 0 Å². The standard InChI is InChI=1S/C26H23BrP/c27-26(21-22-13-5-1-6-14-22)28(23-15-7-2-8-16-23,24-17-9-3-10-18-24)25-19-11-4-12-20-25/h1-20,26H,21H2/q+1. The van der Waals surface area contributed by atoms with E-state index in [0.717, 1.165) is 6.42 Å². The van der Waals surface area contributed by atoms with Gasteiger partial charge in [-0.15, -0.1) is 0 Å². The van der Waals surface area contributed by atoms with Crippen LogP contribution in [0.2, 0.25) is 0 Å². The number of halogens is 1. The van der Waals surface area contributed by atoms with Crippen molar-refractivity contribution in [3.63, 3.8) is 0 Å². The Hall–Kier alpha value is -2.21. The Labute approximate surface area is 176 Å². The van der Waals surface area contributed by atoms with E-state index in [2.05, 4.69) is 137 Å². The lowest BCUT2D eigenvalue weighted by molar-refractivity contribution is 1.11. The summed E-state index contributed by atoms with van der Waals surface area (Å²) in [7, 11) is -1.89. The molecule has 138 valence electrons. The van der Waals surface area contributed by atoms with Crippen molar-refractivity contribution in [2.45, 2.75) is 11.0 Å². The molecule has 4 aromatic rings. The largest absolute Gasteiger partial charge is 0.141 e. The molecule has 0 aliphatic carbocycles. The quantitative estimate of drug-likeness (QED) is 0.254. The molecule has 4 rings (SSSR count). The van der Waals surface area contributed by atoms with Gasteiger partial charge in [-0.3, -0.25) is 0 Å². The van der Waals surface area contributed by atoms with E-state index in [0.29, 0.717) is 4.57 Å². The third-order valence-electron chi connectivity index (χ3n) is 5.16. The van der Waals surface area contributed by atoms with Crippen molar-refractivity contribution in [1.29, 1.82) is 0 Å². The van der Waals surface area contributed by atoms with Gasteiger partial charge in [0, 0.05) is 6.42 Å². The van der Waals surface area contributed by atoms with Crippen LogP contribution in [0.15, 0.2) is 121 Å². The first-order valence-corrected chi connectivity index (χ1v) is 12.3. The van der Waals surface area contributed by atoms with E-state index < -0.39 is 7.26 Å². The van der Waals surface area contributed by atoms with Crippen molar-refractivity contribution >= 4 is 39.1 Å². The van der Waals surface area contributed by atoms with E-state index >= 15 is 0 Å². The lowest BCUT2D eigenvalue weighted by atomic mass is 10.2. The Bertz CT molecular complexity index is 889. The van der Waals surface area contributed by atoms with Gasteiger partial charge in [0.25, 0.3) is 0 Å². The monoisotopic (exact) mass is 445 g/mol. The predicted octanol–water partition coefficient (Wildman–Crippen LogP) is 5.94.